The molecule has 3 rings (SSSR count). The Balaban J connectivity index is 1.53. The topological polar surface area (TPSA) is 67.0 Å². The Morgan fingerprint density at radius 2 is 2.04 bits per heavy atom. The summed E-state index contributed by atoms with van der Waals surface area (Å²) in [6, 6.07) is 13.2. The molecule has 0 fully saturated rings. The summed E-state index contributed by atoms with van der Waals surface area (Å²) in [4.78, 5) is 6.77. The molecule has 8 heteroatoms. The van der Waals surface area contributed by atoms with Crippen LogP contribution in [0.25, 0.3) is 5.65 Å². The first-order valence-corrected chi connectivity index (χ1v) is 9.71. The summed E-state index contributed by atoms with van der Waals surface area (Å²) >= 11 is 5.89. The van der Waals surface area contributed by atoms with E-state index in [-0.39, 0.29) is 0 Å². The van der Waals surface area contributed by atoms with E-state index < -0.39 is 0 Å². The number of aromatic nitrogens is 3. The van der Waals surface area contributed by atoms with Crippen molar-refractivity contribution in [2.24, 2.45) is 4.99 Å². The average Bonchev–Trinajstić information content (AvgIpc) is 3.12. The molecule has 0 unspecified atom stereocenters. The van der Waals surface area contributed by atoms with E-state index in [2.05, 4.69) is 27.3 Å². The lowest BCUT2D eigenvalue weighted by atomic mass is 10.3. The summed E-state index contributed by atoms with van der Waals surface area (Å²) in [6.45, 7) is 4.74. The summed E-state index contributed by atoms with van der Waals surface area (Å²) in [7, 11) is 2.00. The second-order valence-electron chi connectivity index (χ2n) is 6.25. The number of rotatable bonds is 8. The van der Waals surface area contributed by atoms with Crippen molar-refractivity contribution in [2.45, 2.75) is 13.3 Å². The Morgan fingerprint density at radius 3 is 2.82 bits per heavy atom. The number of halogens is 1. The van der Waals surface area contributed by atoms with Gasteiger partial charge in [-0.1, -0.05) is 17.7 Å². The zero-order chi connectivity index (χ0) is 19.8. The molecule has 2 aromatic heterocycles. The highest BCUT2D eigenvalue weighted by Gasteiger charge is 2.07. The predicted octanol–water partition coefficient (Wildman–Crippen LogP) is 2.90. The van der Waals surface area contributed by atoms with Crippen molar-refractivity contribution in [3.05, 3.63) is 59.5 Å². The van der Waals surface area contributed by atoms with Gasteiger partial charge in [-0.3, -0.25) is 9.39 Å². The average molecular weight is 401 g/mol. The number of nitrogens with zero attached hydrogens (tertiary/aromatic N) is 5. The van der Waals surface area contributed by atoms with E-state index in [1.807, 2.05) is 60.1 Å². The van der Waals surface area contributed by atoms with E-state index >= 15 is 0 Å². The van der Waals surface area contributed by atoms with Crippen LogP contribution in [0.3, 0.4) is 0 Å². The largest absolute Gasteiger partial charge is 0.492 e. The van der Waals surface area contributed by atoms with Crippen LogP contribution in [0, 0.1) is 0 Å². The fourth-order valence-electron chi connectivity index (χ4n) is 2.73. The molecule has 0 bridgehead atoms. The predicted molar refractivity (Wildman–Crippen MR) is 112 cm³/mol. The molecule has 0 spiro atoms. The number of benzene rings is 1. The number of aliphatic imine (C=N–C) groups is 1. The van der Waals surface area contributed by atoms with Gasteiger partial charge in [0.25, 0.3) is 0 Å². The van der Waals surface area contributed by atoms with Crippen LogP contribution in [0.1, 0.15) is 12.7 Å². The number of hydrogen-bond donors (Lipinski definition) is 1. The lowest BCUT2D eigenvalue weighted by Crippen LogP contribution is -2.41. The Bertz CT molecular complexity index is 908. The molecule has 0 amide bonds. The van der Waals surface area contributed by atoms with Crippen molar-refractivity contribution in [1.29, 1.82) is 0 Å². The van der Waals surface area contributed by atoms with E-state index in [0.717, 1.165) is 36.1 Å². The Hall–Kier alpha value is -2.80. The van der Waals surface area contributed by atoms with Gasteiger partial charge in [0.05, 0.1) is 6.54 Å². The Kier molecular flexibility index (Phi) is 7.08. The summed E-state index contributed by atoms with van der Waals surface area (Å²) in [5.74, 6) is 2.55. The van der Waals surface area contributed by atoms with Crippen LogP contribution < -0.4 is 10.1 Å². The molecular formula is C20H25ClN6O. The van der Waals surface area contributed by atoms with E-state index in [9.17, 15) is 0 Å². The van der Waals surface area contributed by atoms with Gasteiger partial charge in [-0.2, -0.15) is 0 Å². The van der Waals surface area contributed by atoms with E-state index in [1.54, 1.807) is 0 Å². The summed E-state index contributed by atoms with van der Waals surface area (Å²) in [5.41, 5.74) is 0.852. The highest BCUT2D eigenvalue weighted by molar-refractivity contribution is 6.30. The van der Waals surface area contributed by atoms with Crippen LogP contribution in [0.5, 0.6) is 5.75 Å². The number of ether oxygens (including phenoxy) is 1. The normalized spacial score (nSPS) is 11.6. The van der Waals surface area contributed by atoms with E-state index in [0.29, 0.717) is 24.7 Å². The first-order valence-electron chi connectivity index (χ1n) is 9.34. The van der Waals surface area contributed by atoms with Crippen LogP contribution in [0.2, 0.25) is 5.02 Å². The number of guanidine groups is 1. The fraction of sp³-hybridized carbons (Fsp3) is 0.350. The van der Waals surface area contributed by atoms with E-state index in [4.69, 9.17) is 21.3 Å². The fourth-order valence-corrected chi connectivity index (χ4v) is 2.86. The van der Waals surface area contributed by atoms with Crippen LogP contribution in [-0.4, -0.2) is 58.7 Å². The third-order valence-corrected chi connectivity index (χ3v) is 4.44. The number of hydrogen-bond acceptors (Lipinski definition) is 4. The zero-order valence-electron chi connectivity index (χ0n) is 16.2. The van der Waals surface area contributed by atoms with Gasteiger partial charge in [-0.05, 0) is 43.3 Å². The maximum absolute atomic E-state index is 5.89. The highest BCUT2D eigenvalue weighted by Crippen LogP contribution is 2.15. The molecule has 0 saturated carbocycles. The molecule has 1 N–H and O–H groups in total. The Morgan fingerprint density at radius 1 is 1.21 bits per heavy atom. The van der Waals surface area contributed by atoms with Crippen molar-refractivity contribution in [2.75, 3.05) is 33.3 Å². The highest BCUT2D eigenvalue weighted by atomic mass is 35.5. The maximum Gasteiger partial charge on any atom is 0.193 e. The molecule has 0 aliphatic carbocycles. The number of pyridine rings is 1. The molecule has 7 nitrogen and oxygen atoms in total. The first kappa shape index (κ1) is 19.9. The second-order valence-corrected chi connectivity index (χ2v) is 6.69. The lowest BCUT2D eigenvalue weighted by Gasteiger charge is -2.22. The second kappa shape index (κ2) is 9.94. The van der Waals surface area contributed by atoms with Crippen molar-refractivity contribution < 1.29 is 4.74 Å². The van der Waals surface area contributed by atoms with Gasteiger partial charge in [0.15, 0.2) is 11.6 Å². The van der Waals surface area contributed by atoms with Gasteiger partial charge in [-0.25, -0.2) is 0 Å². The monoisotopic (exact) mass is 400 g/mol. The molecule has 28 heavy (non-hydrogen) atoms. The minimum absolute atomic E-state index is 0.553. The SMILES string of the molecule is CCNC(=NCCc1nnc2ccccn12)N(C)CCOc1ccc(Cl)cc1. The standard InChI is InChI=1S/C20H25ClN6O/c1-3-22-20(26(2)14-15-28-17-9-7-16(21)8-10-17)23-12-11-19-25-24-18-6-4-5-13-27(18)19/h4-10,13H,3,11-12,14-15H2,1-2H3,(H,22,23). The smallest absolute Gasteiger partial charge is 0.193 e. The third kappa shape index (κ3) is 5.36. The minimum Gasteiger partial charge on any atom is -0.492 e. The van der Waals surface area contributed by atoms with Crippen molar-refractivity contribution in [3.8, 4) is 5.75 Å². The molecule has 148 valence electrons. The molecule has 0 aliphatic heterocycles. The van der Waals surface area contributed by atoms with Gasteiger partial charge < -0.3 is 15.0 Å². The molecule has 0 saturated heterocycles. The quantitative estimate of drug-likeness (QED) is 0.465. The van der Waals surface area contributed by atoms with Gasteiger partial charge in [0.2, 0.25) is 0 Å². The molecule has 2 heterocycles. The maximum atomic E-state index is 5.89. The Labute approximate surface area is 170 Å². The van der Waals surface area contributed by atoms with Gasteiger partial charge in [0.1, 0.15) is 18.2 Å². The number of fused-ring (bicyclic) bond motifs is 1. The van der Waals surface area contributed by atoms with Crippen LogP contribution >= 0.6 is 11.6 Å². The summed E-state index contributed by atoms with van der Waals surface area (Å²) < 4.78 is 7.76. The molecule has 3 aromatic rings. The molecular weight excluding hydrogens is 376 g/mol. The van der Waals surface area contributed by atoms with Gasteiger partial charge >= 0.3 is 0 Å². The van der Waals surface area contributed by atoms with Crippen molar-refractivity contribution in [3.63, 3.8) is 0 Å². The van der Waals surface area contributed by atoms with Crippen molar-refractivity contribution in [1.82, 2.24) is 24.8 Å². The van der Waals surface area contributed by atoms with Crippen LogP contribution in [0.4, 0.5) is 0 Å². The lowest BCUT2D eigenvalue weighted by molar-refractivity contribution is 0.281. The summed E-state index contributed by atoms with van der Waals surface area (Å²) in [6.07, 6.45) is 2.69. The third-order valence-electron chi connectivity index (χ3n) is 4.19. The molecule has 1 aromatic carbocycles. The summed E-state index contributed by atoms with van der Waals surface area (Å²) in [5, 5.41) is 12.4. The molecule has 0 radical (unpaired) electrons. The van der Waals surface area contributed by atoms with Crippen LogP contribution in [0.15, 0.2) is 53.7 Å². The zero-order valence-corrected chi connectivity index (χ0v) is 16.9. The van der Waals surface area contributed by atoms with Gasteiger partial charge in [0, 0.05) is 37.8 Å². The van der Waals surface area contributed by atoms with Gasteiger partial charge in [-0.15, -0.1) is 10.2 Å². The number of likely N-dealkylation sites (N-methyl/N-ethyl adjacent to an activating group) is 1. The van der Waals surface area contributed by atoms with Crippen LogP contribution in [-0.2, 0) is 6.42 Å². The first-order chi connectivity index (χ1) is 13.7. The number of nitrogens with one attached hydrogen (secondary N) is 1. The molecule has 0 atom stereocenters. The van der Waals surface area contributed by atoms with E-state index in [1.165, 1.54) is 0 Å². The minimum atomic E-state index is 0.553. The van der Waals surface area contributed by atoms with Crippen molar-refractivity contribution >= 4 is 23.2 Å². The molecule has 0 aliphatic rings.